The second kappa shape index (κ2) is 12.7. The van der Waals surface area contributed by atoms with E-state index < -0.39 is 16.1 Å². The minimum Gasteiger partial charge on any atom is -0.248 e. The number of rotatable bonds is 0. The molecular weight excluding hydrogens is 564 g/mol. The van der Waals surface area contributed by atoms with Gasteiger partial charge in [-0.25, -0.2) is 9.97 Å². The summed E-state index contributed by atoms with van der Waals surface area (Å²) >= 11 is 9.81. The standard InChI is InChI=1S/C10H12BrNSi.C5H3Br2N.C5H10Si/c1-13(2,3)7-6-10-5-4-9(11)8-12-10;6-4-1-2-5(7)8-3-4;1-5-6(2,3)4/h4-5,8H,1-3H3;1-3H;1H,2-4H3. The molecule has 0 saturated heterocycles. The topological polar surface area (TPSA) is 25.8 Å². The van der Waals surface area contributed by atoms with Crippen LogP contribution in [0.4, 0.5) is 0 Å². The lowest BCUT2D eigenvalue weighted by Gasteiger charge is -2.02. The van der Waals surface area contributed by atoms with Gasteiger partial charge in [-0.05, 0) is 72.1 Å². The van der Waals surface area contributed by atoms with Crippen molar-refractivity contribution in [1.82, 2.24) is 9.97 Å². The van der Waals surface area contributed by atoms with E-state index in [0.29, 0.717) is 0 Å². The minimum atomic E-state index is -1.27. The molecule has 27 heavy (non-hydrogen) atoms. The van der Waals surface area contributed by atoms with Crippen LogP contribution >= 0.6 is 47.8 Å². The zero-order valence-corrected chi connectivity index (χ0v) is 23.3. The predicted octanol–water partition coefficient (Wildman–Crippen LogP) is 7.18. The van der Waals surface area contributed by atoms with Crippen LogP contribution in [0.25, 0.3) is 0 Å². The second-order valence-corrected chi connectivity index (χ2v) is 19.7. The largest absolute Gasteiger partial charge is 0.248 e. The molecule has 7 heteroatoms. The van der Waals surface area contributed by atoms with Crippen molar-refractivity contribution in [3.8, 4) is 23.4 Å². The van der Waals surface area contributed by atoms with Crippen LogP contribution in [0, 0.1) is 23.4 Å². The summed E-state index contributed by atoms with van der Waals surface area (Å²) in [6.07, 6.45) is 8.63. The highest BCUT2D eigenvalue weighted by molar-refractivity contribution is 9.11. The van der Waals surface area contributed by atoms with Gasteiger partial charge in [0.1, 0.15) is 26.4 Å². The smallest absolute Gasteiger partial charge is 0.129 e. The highest BCUT2D eigenvalue weighted by Crippen LogP contribution is 2.10. The molecule has 2 nitrogen and oxygen atoms in total. The summed E-state index contributed by atoms with van der Waals surface area (Å²) in [4.78, 5) is 8.13. The van der Waals surface area contributed by atoms with Crippen molar-refractivity contribution in [2.45, 2.75) is 39.3 Å². The molecule has 2 rings (SSSR count). The Morgan fingerprint density at radius 2 is 1.26 bits per heavy atom. The Morgan fingerprint density at radius 1 is 0.778 bits per heavy atom. The number of halogens is 3. The summed E-state index contributed by atoms with van der Waals surface area (Å²) in [6, 6.07) is 7.69. The van der Waals surface area contributed by atoms with Crippen molar-refractivity contribution in [2.75, 3.05) is 0 Å². The Morgan fingerprint density at radius 3 is 1.56 bits per heavy atom. The summed E-state index contributed by atoms with van der Waals surface area (Å²) in [5.41, 5.74) is 6.86. The molecule has 2 aromatic rings. The van der Waals surface area contributed by atoms with E-state index in [-0.39, 0.29) is 0 Å². The predicted molar refractivity (Wildman–Crippen MR) is 134 cm³/mol. The molecule has 0 spiro atoms. The molecule has 0 unspecified atom stereocenters. The maximum Gasteiger partial charge on any atom is 0.129 e. The van der Waals surface area contributed by atoms with Crippen molar-refractivity contribution >= 4 is 63.9 Å². The van der Waals surface area contributed by atoms with Crippen molar-refractivity contribution in [2.24, 2.45) is 0 Å². The van der Waals surface area contributed by atoms with Gasteiger partial charge < -0.3 is 0 Å². The van der Waals surface area contributed by atoms with Crippen LogP contribution in [0.5, 0.6) is 0 Å². The molecule has 0 radical (unpaired) electrons. The minimum absolute atomic E-state index is 0.852. The van der Waals surface area contributed by atoms with E-state index in [2.05, 4.69) is 114 Å². The molecule has 0 fully saturated rings. The van der Waals surface area contributed by atoms with Crippen molar-refractivity contribution < 1.29 is 0 Å². The molecule has 0 amide bonds. The molecule has 144 valence electrons. The van der Waals surface area contributed by atoms with Gasteiger partial charge in [0, 0.05) is 21.3 Å². The van der Waals surface area contributed by atoms with E-state index in [1.165, 1.54) is 0 Å². The molecule has 0 aliphatic rings. The molecule has 0 atom stereocenters. The average Bonchev–Trinajstić information content (AvgIpc) is 2.57. The Labute approximate surface area is 191 Å². The first-order valence-electron chi connectivity index (χ1n) is 8.22. The fourth-order valence-electron chi connectivity index (χ4n) is 1.06. The first-order chi connectivity index (χ1) is 12.3. The third-order valence-electron chi connectivity index (χ3n) is 2.42. The second-order valence-electron chi connectivity index (χ2n) is 7.56. The highest BCUT2D eigenvalue weighted by atomic mass is 79.9. The maximum absolute atomic E-state index is 5.12. The van der Waals surface area contributed by atoms with E-state index in [4.69, 9.17) is 6.42 Å². The molecular formula is C20H25Br3N2Si2. The molecule has 2 aromatic heterocycles. The number of aromatic nitrogens is 2. The normalized spacial score (nSPS) is 10.1. The molecule has 0 aliphatic carbocycles. The lowest BCUT2D eigenvalue weighted by atomic mass is 10.4. The van der Waals surface area contributed by atoms with Crippen molar-refractivity contribution in [1.29, 1.82) is 0 Å². The van der Waals surface area contributed by atoms with Gasteiger partial charge in [0.15, 0.2) is 0 Å². The number of hydrogen-bond donors (Lipinski definition) is 0. The van der Waals surface area contributed by atoms with Crippen molar-refractivity contribution in [3.63, 3.8) is 0 Å². The quantitative estimate of drug-likeness (QED) is 0.185. The van der Waals surface area contributed by atoms with Crippen LogP contribution in [0.3, 0.4) is 0 Å². The van der Waals surface area contributed by atoms with E-state index in [1.54, 1.807) is 12.4 Å². The van der Waals surface area contributed by atoms with Crippen LogP contribution in [0.15, 0.2) is 50.2 Å². The molecule has 0 bridgehead atoms. The fourth-order valence-corrected chi connectivity index (χ4v) is 2.27. The average molecular weight is 589 g/mol. The fraction of sp³-hybridized carbons (Fsp3) is 0.300. The SMILES string of the molecule is Brc1ccc(Br)nc1.C#C[Si](C)(C)C.C[Si](C)(C)C#Cc1ccc(Br)cn1. The first kappa shape index (κ1) is 26.3. The highest BCUT2D eigenvalue weighted by Gasteiger charge is 2.07. The summed E-state index contributed by atoms with van der Waals surface area (Å²) in [5, 5.41) is 0. The van der Waals surface area contributed by atoms with Gasteiger partial charge in [0.2, 0.25) is 0 Å². The zero-order chi connectivity index (χ0) is 21.1. The number of hydrogen-bond acceptors (Lipinski definition) is 2. The Hall–Kier alpha value is -0.706. The molecule has 0 aromatic carbocycles. The lowest BCUT2D eigenvalue weighted by Crippen LogP contribution is -2.16. The van der Waals surface area contributed by atoms with Crippen LogP contribution in [-0.2, 0) is 0 Å². The van der Waals surface area contributed by atoms with E-state index >= 15 is 0 Å². The zero-order valence-electron chi connectivity index (χ0n) is 16.6. The van der Waals surface area contributed by atoms with Gasteiger partial charge in [-0.15, -0.1) is 17.5 Å². The first-order valence-corrected chi connectivity index (χ1v) is 17.6. The Bertz CT molecular complexity index is 768. The molecule has 2 heterocycles. The van der Waals surface area contributed by atoms with Gasteiger partial charge in [0.25, 0.3) is 0 Å². The van der Waals surface area contributed by atoms with Crippen LogP contribution in [0.2, 0.25) is 39.3 Å². The summed E-state index contributed by atoms with van der Waals surface area (Å²) in [6.45, 7) is 13.1. The molecule has 0 aliphatic heterocycles. The van der Waals surface area contributed by atoms with E-state index in [0.717, 1.165) is 19.2 Å². The van der Waals surface area contributed by atoms with Crippen LogP contribution in [-0.4, -0.2) is 26.1 Å². The monoisotopic (exact) mass is 586 g/mol. The lowest BCUT2D eigenvalue weighted by molar-refractivity contribution is 1.26. The third kappa shape index (κ3) is 17.1. The summed E-state index contributed by atoms with van der Waals surface area (Å²) < 4.78 is 2.85. The van der Waals surface area contributed by atoms with E-state index in [9.17, 15) is 0 Å². The number of nitrogens with zero attached hydrogens (tertiary/aromatic N) is 2. The van der Waals surface area contributed by atoms with Crippen molar-refractivity contribution in [3.05, 3.63) is 55.9 Å². The van der Waals surface area contributed by atoms with E-state index in [1.807, 2.05) is 24.3 Å². The third-order valence-corrected chi connectivity index (χ3v) is 5.57. The maximum atomic E-state index is 5.12. The van der Waals surface area contributed by atoms with Gasteiger partial charge in [-0.3, -0.25) is 0 Å². The molecule has 0 N–H and O–H groups in total. The number of pyridine rings is 2. The Kier molecular flexibility index (Phi) is 12.4. The van der Waals surface area contributed by atoms with Crippen LogP contribution in [0.1, 0.15) is 5.69 Å². The van der Waals surface area contributed by atoms with Gasteiger partial charge in [-0.1, -0.05) is 45.2 Å². The molecule has 0 saturated carbocycles. The number of terminal acetylenes is 1. The van der Waals surface area contributed by atoms with Gasteiger partial charge in [0.05, 0.1) is 0 Å². The van der Waals surface area contributed by atoms with Gasteiger partial charge in [-0.2, -0.15) is 0 Å². The van der Waals surface area contributed by atoms with Crippen LogP contribution < -0.4 is 0 Å². The summed E-state index contributed by atoms with van der Waals surface area (Å²) in [7, 11) is -2.37. The Balaban J connectivity index is 0.000000413. The van der Waals surface area contributed by atoms with Gasteiger partial charge >= 0.3 is 0 Å². The summed E-state index contributed by atoms with van der Waals surface area (Å²) in [5.74, 6) is 3.09.